The highest BCUT2D eigenvalue weighted by atomic mass is 16.5. The first-order valence-electron chi connectivity index (χ1n) is 5.90. The second-order valence-corrected chi connectivity index (χ2v) is 4.55. The molecule has 0 aliphatic heterocycles. The lowest BCUT2D eigenvalue weighted by Gasteiger charge is -2.13. The monoisotopic (exact) mass is 243 g/mol. The number of nitrogens with zero attached hydrogens (tertiary/aromatic N) is 1. The molecule has 0 saturated heterocycles. The van der Waals surface area contributed by atoms with Gasteiger partial charge in [-0.1, -0.05) is 24.3 Å². The van der Waals surface area contributed by atoms with E-state index in [0.717, 1.165) is 18.4 Å². The van der Waals surface area contributed by atoms with Crippen LogP contribution in [0.3, 0.4) is 0 Å². The second kappa shape index (κ2) is 3.91. The van der Waals surface area contributed by atoms with E-state index >= 15 is 0 Å². The van der Waals surface area contributed by atoms with Crippen LogP contribution in [0, 0.1) is 5.21 Å². The molecule has 92 valence electrons. The molecule has 1 heterocycles. The largest absolute Gasteiger partial charge is 0.618 e. The van der Waals surface area contributed by atoms with Crippen molar-refractivity contribution in [1.82, 2.24) is 0 Å². The van der Waals surface area contributed by atoms with Gasteiger partial charge in [0.1, 0.15) is 0 Å². The smallest absolute Gasteiger partial charge is 0.246 e. The first-order valence-corrected chi connectivity index (χ1v) is 5.90. The van der Waals surface area contributed by atoms with E-state index in [0.29, 0.717) is 4.73 Å². The number of hydrogen-bond donors (Lipinski definition) is 2. The molecule has 3 rings (SSSR count). The Morgan fingerprint density at radius 2 is 1.94 bits per heavy atom. The third-order valence-corrected chi connectivity index (χ3v) is 3.55. The van der Waals surface area contributed by atoms with E-state index in [-0.39, 0.29) is 23.1 Å². The van der Waals surface area contributed by atoms with Crippen molar-refractivity contribution in [1.29, 1.82) is 0 Å². The predicted octanol–water partition coefficient (Wildman–Crippen LogP) is 1.81. The van der Waals surface area contributed by atoms with Crippen molar-refractivity contribution in [3.63, 3.8) is 0 Å². The van der Waals surface area contributed by atoms with E-state index in [2.05, 4.69) is 0 Å². The van der Waals surface area contributed by atoms with Crippen LogP contribution in [0.2, 0.25) is 0 Å². The van der Waals surface area contributed by atoms with Crippen LogP contribution >= 0.6 is 0 Å². The van der Waals surface area contributed by atoms with Crippen LogP contribution in [0.15, 0.2) is 36.5 Å². The van der Waals surface area contributed by atoms with Crippen molar-refractivity contribution in [3.05, 3.63) is 58.6 Å². The van der Waals surface area contributed by atoms with Crippen molar-refractivity contribution in [2.24, 2.45) is 0 Å². The van der Waals surface area contributed by atoms with Crippen molar-refractivity contribution in [2.45, 2.75) is 18.8 Å². The van der Waals surface area contributed by atoms with Gasteiger partial charge in [-0.25, -0.2) is 0 Å². The second-order valence-electron chi connectivity index (χ2n) is 4.55. The molecule has 1 aliphatic carbocycles. The summed E-state index contributed by atoms with van der Waals surface area (Å²) in [4.78, 5) is 0. The topological polar surface area (TPSA) is 67.4 Å². The molecule has 4 heteroatoms. The fraction of sp³-hybridized carbons (Fsp3) is 0.214. The Kier molecular flexibility index (Phi) is 2.37. The summed E-state index contributed by atoms with van der Waals surface area (Å²) >= 11 is 0. The number of hydrogen-bond acceptors (Lipinski definition) is 3. The lowest BCUT2D eigenvalue weighted by Crippen LogP contribution is -2.32. The van der Waals surface area contributed by atoms with Crippen molar-refractivity contribution in [3.8, 4) is 11.5 Å². The third kappa shape index (κ3) is 1.49. The fourth-order valence-electron chi connectivity index (χ4n) is 2.69. The zero-order valence-corrected chi connectivity index (χ0v) is 9.71. The quantitative estimate of drug-likeness (QED) is 0.593. The van der Waals surface area contributed by atoms with E-state index < -0.39 is 0 Å². The molecule has 1 atom stereocenters. The van der Waals surface area contributed by atoms with E-state index in [1.165, 1.54) is 17.8 Å². The molecule has 18 heavy (non-hydrogen) atoms. The zero-order valence-electron chi connectivity index (χ0n) is 9.71. The molecular formula is C14H13NO3. The maximum Gasteiger partial charge on any atom is 0.246 e. The highest BCUT2D eigenvalue weighted by Crippen LogP contribution is 2.41. The average Bonchev–Trinajstić information content (AvgIpc) is 2.79. The maximum absolute atomic E-state index is 11.8. The molecule has 0 radical (unpaired) electrons. The Morgan fingerprint density at radius 3 is 2.78 bits per heavy atom. The first kappa shape index (κ1) is 10.9. The van der Waals surface area contributed by atoms with Crippen LogP contribution < -0.4 is 4.73 Å². The summed E-state index contributed by atoms with van der Waals surface area (Å²) in [6.45, 7) is 0. The minimum absolute atomic E-state index is 0.147. The van der Waals surface area contributed by atoms with Crippen LogP contribution in [0.5, 0.6) is 11.5 Å². The molecule has 0 fully saturated rings. The molecule has 2 N–H and O–H groups in total. The van der Waals surface area contributed by atoms with Gasteiger partial charge in [0, 0.05) is 6.07 Å². The van der Waals surface area contributed by atoms with Gasteiger partial charge in [-0.2, -0.15) is 4.73 Å². The first-order chi connectivity index (χ1) is 8.68. The Bertz CT molecular complexity index is 610. The summed E-state index contributed by atoms with van der Waals surface area (Å²) in [7, 11) is 0. The Hall–Kier alpha value is -2.23. The number of pyridine rings is 1. The molecule has 1 aromatic heterocycles. The molecule has 1 aliphatic rings. The normalized spacial score (nSPS) is 17.7. The summed E-state index contributed by atoms with van der Waals surface area (Å²) in [5, 5.41) is 31.3. The van der Waals surface area contributed by atoms with Crippen LogP contribution in [0.4, 0.5) is 0 Å². The fourth-order valence-corrected chi connectivity index (χ4v) is 2.69. The number of rotatable bonds is 1. The van der Waals surface area contributed by atoms with Gasteiger partial charge < -0.3 is 15.4 Å². The van der Waals surface area contributed by atoms with Crippen LogP contribution in [0.1, 0.15) is 29.2 Å². The molecule has 0 amide bonds. The van der Waals surface area contributed by atoms with Gasteiger partial charge in [0.15, 0.2) is 11.9 Å². The molecular weight excluding hydrogens is 230 g/mol. The number of aryl methyl sites for hydroxylation is 1. The molecule has 1 unspecified atom stereocenters. The van der Waals surface area contributed by atoms with E-state index in [9.17, 15) is 15.4 Å². The van der Waals surface area contributed by atoms with Gasteiger partial charge in [0.25, 0.3) is 0 Å². The summed E-state index contributed by atoms with van der Waals surface area (Å²) in [6.07, 6.45) is 2.89. The number of aromatic nitrogens is 1. The SMILES string of the molecule is [O-][n+]1ccc(O)c(O)c1C1CCc2ccccc21. The van der Waals surface area contributed by atoms with Crippen molar-refractivity contribution in [2.75, 3.05) is 0 Å². The van der Waals surface area contributed by atoms with E-state index in [4.69, 9.17) is 0 Å². The summed E-state index contributed by atoms with van der Waals surface area (Å²) in [6, 6.07) is 9.09. The Balaban J connectivity index is 2.16. The third-order valence-electron chi connectivity index (χ3n) is 3.55. The van der Waals surface area contributed by atoms with Crippen LogP contribution in [-0.4, -0.2) is 10.2 Å². The summed E-state index contributed by atoms with van der Waals surface area (Å²) in [5.74, 6) is -0.707. The molecule has 0 spiro atoms. The van der Waals surface area contributed by atoms with Gasteiger partial charge >= 0.3 is 0 Å². The highest BCUT2D eigenvalue weighted by molar-refractivity contribution is 5.46. The van der Waals surface area contributed by atoms with Crippen molar-refractivity contribution < 1.29 is 14.9 Å². The number of benzene rings is 1. The number of aromatic hydroxyl groups is 2. The summed E-state index contributed by atoms with van der Waals surface area (Å²) < 4.78 is 0.641. The molecule has 2 aromatic rings. The van der Waals surface area contributed by atoms with Gasteiger partial charge in [-0.3, -0.25) is 0 Å². The summed E-state index contributed by atoms with van der Waals surface area (Å²) in [5.41, 5.74) is 2.49. The standard InChI is InChI=1S/C14H13NO3/c16-12-7-8-15(18)13(14(12)17)11-6-5-9-3-1-2-4-10(9)11/h1-4,7-8,11,16-17H,5-6H2. The molecule has 0 saturated carbocycles. The zero-order chi connectivity index (χ0) is 12.7. The predicted molar refractivity (Wildman–Crippen MR) is 65.3 cm³/mol. The van der Waals surface area contributed by atoms with Gasteiger partial charge in [0.2, 0.25) is 11.4 Å². The average molecular weight is 243 g/mol. The van der Waals surface area contributed by atoms with Gasteiger partial charge in [-0.05, 0) is 24.0 Å². The number of fused-ring (bicyclic) bond motifs is 1. The van der Waals surface area contributed by atoms with Crippen LogP contribution in [-0.2, 0) is 6.42 Å². The Labute approximate surface area is 104 Å². The lowest BCUT2D eigenvalue weighted by atomic mass is 9.96. The van der Waals surface area contributed by atoms with E-state index in [1.54, 1.807) is 0 Å². The molecule has 0 bridgehead atoms. The minimum atomic E-state index is -0.311. The minimum Gasteiger partial charge on any atom is -0.618 e. The Morgan fingerprint density at radius 1 is 1.17 bits per heavy atom. The molecule has 1 aromatic carbocycles. The molecule has 4 nitrogen and oxygen atoms in total. The highest BCUT2D eigenvalue weighted by Gasteiger charge is 2.33. The van der Waals surface area contributed by atoms with Crippen molar-refractivity contribution >= 4 is 0 Å². The van der Waals surface area contributed by atoms with E-state index in [1.807, 2.05) is 24.3 Å². The van der Waals surface area contributed by atoms with Gasteiger partial charge in [-0.15, -0.1) is 0 Å². The van der Waals surface area contributed by atoms with Crippen LogP contribution in [0.25, 0.3) is 0 Å². The lowest BCUT2D eigenvalue weighted by molar-refractivity contribution is -0.615. The maximum atomic E-state index is 11.8. The van der Waals surface area contributed by atoms with Gasteiger partial charge in [0.05, 0.1) is 5.92 Å².